The lowest BCUT2D eigenvalue weighted by atomic mass is 9.99. The number of halogens is 2. The van der Waals surface area contributed by atoms with Crippen LogP contribution in [0.15, 0.2) is 18.2 Å². The highest BCUT2D eigenvalue weighted by Gasteiger charge is 2.28. The van der Waals surface area contributed by atoms with Gasteiger partial charge in [-0.3, -0.25) is 9.69 Å². The number of piperazine rings is 1. The Morgan fingerprint density at radius 2 is 1.89 bits per heavy atom. The quantitative estimate of drug-likeness (QED) is 0.713. The van der Waals surface area contributed by atoms with Crippen molar-refractivity contribution in [2.24, 2.45) is 0 Å². The van der Waals surface area contributed by atoms with Crippen molar-refractivity contribution in [3.8, 4) is 11.5 Å². The molecule has 2 fully saturated rings. The number of carbonyl (C=O) groups is 1. The van der Waals surface area contributed by atoms with Gasteiger partial charge in [-0.1, -0.05) is 6.42 Å². The number of fused-ring (bicyclic) bond motifs is 1. The molecule has 6 nitrogen and oxygen atoms in total. The van der Waals surface area contributed by atoms with Crippen LogP contribution in [-0.2, 0) is 4.79 Å². The number of hydrogen-bond donors (Lipinski definition) is 1. The molecule has 1 N–H and O–H groups in total. The van der Waals surface area contributed by atoms with E-state index in [-0.39, 0.29) is 30.7 Å². The molecule has 1 unspecified atom stereocenters. The fraction of sp³-hybridized carbons (Fsp3) is 0.650. The third kappa shape index (κ3) is 6.69. The summed E-state index contributed by atoms with van der Waals surface area (Å²) >= 11 is 0. The largest absolute Gasteiger partial charge is 0.493 e. The van der Waals surface area contributed by atoms with Crippen molar-refractivity contribution >= 4 is 36.4 Å². The summed E-state index contributed by atoms with van der Waals surface area (Å²) in [5.41, 5.74) is 0.739. The number of ether oxygens (including phenoxy) is 2. The van der Waals surface area contributed by atoms with Crippen LogP contribution >= 0.6 is 24.8 Å². The highest BCUT2D eigenvalue weighted by Crippen LogP contribution is 2.29. The molecule has 1 atom stereocenters. The molecule has 2 aliphatic heterocycles. The van der Waals surface area contributed by atoms with Gasteiger partial charge in [0.05, 0.1) is 14.2 Å². The Bertz CT molecular complexity index is 618. The van der Waals surface area contributed by atoms with Crippen LogP contribution in [0, 0.1) is 0 Å². The molecule has 0 bridgehead atoms. The van der Waals surface area contributed by atoms with E-state index in [0.29, 0.717) is 17.9 Å². The molecule has 2 aliphatic rings. The molecule has 8 heteroatoms. The van der Waals surface area contributed by atoms with Crippen LogP contribution in [0.2, 0.25) is 0 Å². The van der Waals surface area contributed by atoms with Crippen LogP contribution in [0.5, 0.6) is 11.5 Å². The van der Waals surface area contributed by atoms with Gasteiger partial charge in [0.2, 0.25) is 5.91 Å². The highest BCUT2D eigenvalue weighted by molar-refractivity contribution is 5.91. The Hall–Kier alpha value is -1.21. The number of methoxy groups -OCH3 is 2. The van der Waals surface area contributed by atoms with Crippen molar-refractivity contribution in [3.63, 3.8) is 0 Å². The van der Waals surface area contributed by atoms with E-state index < -0.39 is 0 Å². The number of rotatable bonds is 7. The van der Waals surface area contributed by atoms with Crippen molar-refractivity contribution in [2.45, 2.75) is 38.1 Å². The number of hydrogen-bond acceptors (Lipinski definition) is 5. The zero-order valence-electron chi connectivity index (χ0n) is 16.8. The molecule has 1 amide bonds. The van der Waals surface area contributed by atoms with E-state index in [4.69, 9.17) is 9.47 Å². The summed E-state index contributed by atoms with van der Waals surface area (Å²) in [6.07, 6.45) is 5.48. The first-order chi connectivity index (χ1) is 12.7. The Balaban J connectivity index is 0.00000196. The summed E-state index contributed by atoms with van der Waals surface area (Å²) in [6, 6.07) is 6.16. The number of benzene rings is 1. The van der Waals surface area contributed by atoms with Crippen molar-refractivity contribution < 1.29 is 14.3 Å². The average Bonchev–Trinajstić information content (AvgIpc) is 2.67. The monoisotopic (exact) mass is 433 g/mol. The van der Waals surface area contributed by atoms with Gasteiger partial charge in [-0.05, 0) is 44.5 Å². The molecule has 28 heavy (non-hydrogen) atoms. The summed E-state index contributed by atoms with van der Waals surface area (Å²) in [5, 5.41) is 2.95. The topological polar surface area (TPSA) is 54.0 Å². The fourth-order valence-electron chi connectivity index (χ4n) is 4.02. The summed E-state index contributed by atoms with van der Waals surface area (Å²) < 4.78 is 10.5. The first kappa shape index (κ1) is 24.8. The second-order valence-corrected chi connectivity index (χ2v) is 7.21. The first-order valence-corrected chi connectivity index (χ1v) is 9.68. The summed E-state index contributed by atoms with van der Waals surface area (Å²) in [5.74, 6) is 1.33. The lowest BCUT2D eigenvalue weighted by molar-refractivity contribution is -0.116. The molecule has 3 rings (SSSR count). The highest BCUT2D eigenvalue weighted by atomic mass is 35.5. The van der Waals surface area contributed by atoms with E-state index in [0.717, 1.165) is 37.8 Å². The van der Waals surface area contributed by atoms with Crippen LogP contribution in [0.3, 0.4) is 0 Å². The molecule has 2 heterocycles. The van der Waals surface area contributed by atoms with E-state index in [1.54, 1.807) is 26.4 Å². The first-order valence-electron chi connectivity index (χ1n) is 9.68. The third-order valence-corrected chi connectivity index (χ3v) is 5.47. The van der Waals surface area contributed by atoms with Gasteiger partial charge in [0.15, 0.2) is 11.5 Å². The molecular formula is C20H33Cl2N3O3. The number of amides is 1. The van der Waals surface area contributed by atoms with E-state index in [1.165, 1.54) is 32.4 Å². The SMILES string of the molecule is COc1ccc(NC(=O)CCCN2CCN3CCCCC3C2)cc1OC.Cl.Cl. The number of carbonyl (C=O) groups excluding carboxylic acids is 1. The number of nitrogens with zero attached hydrogens (tertiary/aromatic N) is 2. The van der Waals surface area contributed by atoms with Crippen molar-refractivity contribution in [2.75, 3.05) is 52.3 Å². The molecule has 2 saturated heterocycles. The lowest BCUT2D eigenvalue weighted by Gasteiger charge is -2.44. The zero-order chi connectivity index (χ0) is 18.4. The number of nitrogens with one attached hydrogen (secondary N) is 1. The standard InChI is InChI=1S/C20H31N3O3.2ClH/c1-25-18-9-8-16(14-19(18)26-2)21-20(24)7-5-10-22-12-13-23-11-4-3-6-17(23)15-22;;/h8-9,14,17H,3-7,10-13,15H2,1-2H3,(H,21,24);2*1H. The van der Waals surface area contributed by atoms with E-state index in [9.17, 15) is 4.79 Å². The smallest absolute Gasteiger partial charge is 0.224 e. The van der Waals surface area contributed by atoms with Crippen LogP contribution in [0.25, 0.3) is 0 Å². The number of piperidine rings is 1. The number of anilines is 1. The van der Waals surface area contributed by atoms with Gasteiger partial charge in [0, 0.05) is 43.9 Å². The van der Waals surface area contributed by atoms with E-state index in [2.05, 4.69) is 15.1 Å². The minimum absolute atomic E-state index is 0. The van der Waals surface area contributed by atoms with Crippen molar-refractivity contribution in [1.29, 1.82) is 0 Å². The minimum Gasteiger partial charge on any atom is -0.493 e. The predicted octanol–water partition coefficient (Wildman–Crippen LogP) is 3.44. The van der Waals surface area contributed by atoms with Crippen molar-refractivity contribution in [1.82, 2.24) is 9.80 Å². The molecule has 0 aromatic heterocycles. The average molecular weight is 434 g/mol. The molecule has 0 aliphatic carbocycles. The van der Waals surface area contributed by atoms with Crippen molar-refractivity contribution in [3.05, 3.63) is 18.2 Å². The minimum atomic E-state index is 0. The zero-order valence-corrected chi connectivity index (χ0v) is 18.4. The Labute approximate surface area is 180 Å². The van der Waals surface area contributed by atoms with Gasteiger partial charge in [-0.15, -0.1) is 24.8 Å². The van der Waals surface area contributed by atoms with Gasteiger partial charge in [0.25, 0.3) is 0 Å². The Kier molecular flexibility index (Phi) is 11.0. The van der Waals surface area contributed by atoms with Gasteiger partial charge < -0.3 is 19.7 Å². The molecule has 1 aromatic carbocycles. The lowest BCUT2D eigenvalue weighted by Crippen LogP contribution is -2.54. The summed E-state index contributed by atoms with van der Waals surface area (Å²) in [6.45, 7) is 5.75. The molecule has 0 radical (unpaired) electrons. The maximum atomic E-state index is 12.2. The Morgan fingerprint density at radius 3 is 2.64 bits per heavy atom. The maximum Gasteiger partial charge on any atom is 0.224 e. The molecule has 160 valence electrons. The normalized spacial score (nSPS) is 19.6. The Morgan fingerprint density at radius 1 is 1.11 bits per heavy atom. The fourth-order valence-corrected chi connectivity index (χ4v) is 4.02. The summed E-state index contributed by atoms with van der Waals surface area (Å²) in [4.78, 5) is 17.4. The van der Waals surface area contributed by atoms with Crippen LogP contribution in [-0.4, -0.2) is 68.7 Å². The van der Waals surface area contributed by atoms with Crippen LogP contribution in [0.4, 0.5) is 5.69 Å². The molecule has 0 spiro atoms. The second-order valence-electron chi connectivity index (χ2n) is 7.21. The molecular weight excluding hydrogens is 401 g/mol. The molecule has 1 aromatic rings. The van der Waals surface area contributed by atoms with Gasteiger partial charge in [-0.2, -0.15) is 0 Å². The van der Waals surface area contributed by atoms with Gasteiger partial charge >= 0.3 is 0 Å². The van der Waals surface area contributed by atoms with E-state index >= 15 is 0 Å². The van der Waals surface area contributed by atoms with Gasteiger partial charge in [-0.25, -0.2) is 0 Å². The van der Waals surface area contributed by atoms with Crippen LogP contribution < -0.4 is 14.8 Å². The maximum absolute atomic E-state index is 12.2. The second kappa shape index (κ2) is 12.4. The summed E-state index contributed by atoms with van der Waals surface area (Å²) in [7, 11) is 3.19. The molecule has 0 saturated carbocycles. The third-order valence-electron chi connectivity index (χ3n) is 5.47. The van der Waals surface area contributed by atoms with E-state index in [1.807, 2.05) is 6.07 Å². The predicted molar refractivity (Wildman–Crippen MR) is 118 cm³/mol. The van der Waals surface area contributed by atoms with Gasteiger partial charge in [0.1, 0.15) is 0 Å². The van der Waals surface area contributed by atoms with Crippen LogP contribution in [0.1, 0.15) is 32.1 Å².